The zero-order valence-corrected chi connectivity index (χ0v) is 14.5. The van der Waals surface area contributed by atoms with Crippen molar-refractivity contribution in [3.63, 3.8) is 0 Å². The SMILES string of the molecule is CCOP(=O)(OCC)/C(F)=C/[C@@H](CO)NC(=O)OC(C)(C)C. The molecule has 0 saturated carbocycles. The molecule has 0 radical (unpaired) electrons. The third-order valence-electron chi connectivity index (χ3n) is 2.10. The number of hydrogen-bond acceptors (Lipinski definition) is 6. The number of amides is 1. The lowest BCUT2D eigenvalue weighted by atomic mass is 10.2. The second kappa shape index (κ2) is 9.25. The minimum absolute atomic E-state index is 0.0121. The van der Waals surface area contributed by atoms with Gasteiger partial charge in [0.15, 0.2) is 0 Å². The predicted octanol–water partition coefficient (Wildman–Crippen LogP) is 2.95. The molecule has 7 nitrogen and oxygen atoms in total. The van der Waals surface area contributed by atoms with Gasteiger partial charge in [-0.3, -0.25) is 4.57 Å². The molecule has 0 aliphatic carbocycles. The van der Waals surface area contributed by atoms with Crippen LogP contribution in [0.5, 0.6) is 0 Å². The largest absolute Gasteiger partial charge is 0.444 e. The van der Waals surface area contributed by atoms with Crippen molar-refractivity contribution >= 4 is 13.7 Å². The summed E-state index contributed by atoms with van der Waals surface area (Å²) in [5.74, 6) is 0. The van der Waals surface area contributed by atoms with Gasteiger partial charge < -0.3 is 24.2 Å². The molecule has 0 rings (SSSR count). The quantitative estimate of drug-likeness (QED) is 0.659. The fraction of sp³-hybridized carbons (Fsp3) is 0.769. The van der Waals surface area contributed by atoms with Crippen LogP contribution in [0.1, 0.15) is 34.6 Å². The molecular weight excluding hydrogens is 316 g/mol. The molecule has 0 aliphatic rings. The van der Waals surface area contributed by atoms with Crippen molar-refractivity contribution in [3.8, 4) is 0 Å². The summed E-state index contributed by atoms with van der Waals surface area (Å²) < 4.78 is 40.9. The van der Waals surface area contributed by atoms with Gasteiger partial charge in [0.25, 0.3) is 0 Å². The lowest BCUT2D eigenvalue weighted by molar-refractivity contribution is 0.0497. The molecule has 22 heavy (non-hydrogen) atoms. The monoisotopic (exact) mass is 341 g/mol. The second-order valence-electron chi connectivity index (χ2n) is 5.26. The highest BCUT2D eigenvalue weighted by molar-refractivity contribution is 7.58. The average Bonchev–Trinajstić information content (AvgIpc) is 2.36. The van der Waals surface area contributed by atoms with E-state index >= 15 is 0 Å². The zero-order chi connectivity index (χ0) is 17.4. The Morgan fingerprint density at radius 1 is 1.32 bits per heavy atom. The number of ether oxygens (including phenoxy) is 1. The molecule has 0 fully saturated rings. The lowest BCUT2D eigenvalue weighted by Crippen LogP contribution is -2.40. The van der Waals surface area contributed by atoms with Crippen LogP contribution in [0.2, 0.25) is 0 Å². The maximum Gasteiger partial charge on any atom is 0.408 e. The molecule has 0 aliphatic heterocycles. The highest BCUT2D eigenvalue weighted by Gasteiger charge is 2.31. The van der Waals surface area contributed by atoms with Crippen molar-refractivity contribution < 1.29 is 32.6 Å². The first kappa shape index (κ1) is 21.0. The van der Waals surface area contributed by atoms with E-state index in [0.717, 1.165) is 6.08 Å². The molecule has 1 atom stereocenters. The highest BCUT2D eigenvalue weighted by Crippen LogP contribution is 2.56. The topological polar surface area (TPSA) is 94.1 Å². The number of nitrogens with one attached hydrogen (secondary N) is 1. The van der Waals surface area contributed by atoms with E-state index in [2.05, 4.69) is 5.32 Å². The van der Waals surface area contributed by atoms with Crippen molar-refractivity contribution in [2.24, 2.45) is 0 Å². The maximum absolute atomic E-state index is 14.1. The van der Waals surface area contributed by atoms with Crippen molar-refractivity contribution in [2.45, 2.75) is 46.3 Å². The Morgan fingerprint density at radius 2 is 1.82 bits per heavy atom. The van der Waals surface area contributed by atoms with E-state index in [-0.39, 0.29) is 13.2 Å². The van der Waals surface area contributed by atoms with Gasteiger partial charge >= 0.3 is 13.7 Å². The van der Waals surface area contributed by atoms with Crippen LogP contribution in [0.25, 0.3) is 0 Å². The van der Waals surface area contributed by atoms with Crippen LogP contribution < -0.4 is 5.32 Å². The fourth-order valence-electron chi connectivity index (χ4n) is 1.36. The highest BCUT2D eigenvalue weighted by atomic mass is 31.2. The summed E-state index contributed by atoms with van der Waals surface area (Å²) in [7, 11) is -4.07. The minimum Gasteiger partial charge on any atom is -0.444 e. The molecule has 130 valence electrons. The van der Waals surface area contributed by atoms with E-state index in [4.69, 9.17) is 13.8 Å². The molecule has 0 spiro atoms. The van der Waals surface area contributed by atoms with Crippen LogP contribution in [0, 0.1) is 0 Å². The Balaban J connectivity index is 5.01. The van der Waals surface area contributed by atoms with Crippen LogP contribution >= 0.6 is 7.60 Å². The van der Waals surface area contributed by atoms with E-state index in [1.54, 1.807) is 34.6 Å². The number of hydrogen-bond donors (Lipinski definition) is 2. The number of carbonyl (C=O) groups is 1. The summed E-state index contributed by atoms with van der Waals surface area (Å²) in [6, 6.07) is -1.12. The van der Waals surface area contributed by atoms with Crippen LogP contribution in [-0.2, 0) is 18.3 Å². The number of aliphatic hydroxyl groups is 1. The third kappa shape index (κ3) is 7.89. The Labute approximate surface area is 130 Å². The first-order valence-corrected chi connectivity index (χ1v) is 8.49. The summed E-state index contributed by atoms with van der Waals surface area (Å²) in [4.78, 5) is 11.6. The molecule has 0 unspecified atom stereocenters. The molecular formula is C13H25FNO6P. The minimum atomic E-state index is -4.07. The molecule has 9 heteroatoms. The Bertz CT molecular complexity index is 425. The molecule has 2 N–H and O–H groups in total. The fourth-order valence-corrected chi connectivity index (χ4v) is 2.72. The lowest BCUT2D eigenvalue weighted by Gasteiger charge is -2.22. The molecule has 0 aromatic rings. The van der Waals surface area contributed by atoms with Gasteiger partial charge in [-0.1, -0.05) is 0 Å². The van der Waals surface area contributed by atoms with E-state index in [1.165, 1.54) is 0 Å². The molecule has 0 aromatic heterocycles. The van der Waals surface area contributed by atoms with Gasteiger partial charge in [-0.15, -0.1) is 0 Å². The summed E-state index contributed by atoms with van der Waals surface area (Å²) in [6.07, 6.45) is -0.0472. The average molecular weight is 341 g/mol. The number of aliphatic hydroxyl groups excluding tert-OH is 1. The van der Waals surface area contributed by atoms with Gasteiger partial charge in [0.1, 0.15) is 5.60 Å². The second-order valence-corrected chi connectivity index (χ2v) is 7.20. The molecule has 0 saturated heterocycles. The molecule has 0 heterocycles. The normalized spacial score (nSPS) is 14.6. The standard InChI is InChI=1S/C13H25FNO6P/c1-6-19-22(18,20-7-2)11(14)8-10(9-16)15-12(17)21-13(3,4)5/h8,10,16H,6-7,9H2,1-5H3,(H,15,17)/b11-8+/t10-/m0/s1. The number of halogens is 1. The first-order valence-electron chi connectivity index (χ1n) is 6.95. The van der Waals surface area contributed by atoms with Gasteiger partial charge in [-0.25, -0.2) is 4.79 Å². The number of alkyl carbamates (subject to hydrolysis) is 1. The van der Waals surface area contributed by atoms with Crippen LogP contribution in [0.4, 0.5) is 9.18 Å². The summed E-state index contributed by atoms with van der Waals surface area (Å²) in [5, 5.41) is 11.4. The van der Waals surface area contributed by atoms with Gasteiger partial charge in [0, 0.05) is 0 Å². The van der Waals surface area contributed by atoms with Gasteiger partial charge in [0.2, 0.25) is 5.57 Å². The Morgan fingerprint density at radius 3 is 2.18 bits per heavy atom. The molecule has 0 bridgehead atoms. The van der Waals surface area contributed by atoms with Crippen molar-refractivity contribution in [1.29, 1.82) is 0 Å². The molecule has 1 amide bonds. The zero-order valence-electron chi connectivity index (χ0n) is 13.6. The van der Waals surface area contributed by atoms with Gasteiger partial charge in [-0.05, 0) is 40.7 Å². The van der Waals surface area contributed by atoms with Crippen molar-refractivity contribution in [2.75, 3.05) is 19.8 Å². The van der Waals surface area contributed by atoms with Crippen molar-refractivity contribution in [3.05, 3.63) is 11.6 Å². The third-order valence-corrected chi connectivity index (χ3v) is 3.97. The Hall–Kier alpha value is -0.950. The van der Waals surface area contributed by atoms with E-state index in [9.17, 15) is 18.9 Å². The summed E-state index contributed by atoms with van der Waals surface area (Å²) >= 11 is 0. The number of carbonyl (C=O) groups excluding carboxylic acids is 1. The number of rotatable bonds is 8. The molecule has 0 aromatic carbocycles. The Kier molecular flexibility index (Phi) is 8.85. The smallest absolute Gasteiger partial charge is 0.408 e. The maximum atomic E-state index is 14.1. The van der Waals surface area contributed by atoms with Crippen LogP contribution in [0.15, 0.2) is 11.6 Å². The van der Waals surface area contributed by atoms with Crippen LogP contribution in [-0.4, -0.2) is 42.7 Å². The van der Waals surface area contributed by atoms with Crippen molar-refractivity contribution in [1.82, 2.24) is 5.32 Å². The van der Waals surface area contributed by atoms with E-state index in [1.807, 2.05) is 0 Å². The predicted molar refractivity (Wildman–Crippen MR) is 80.3 cm³/mol. The first-order chi connectivity index (χ1) is 10.1. The van der Waals surface area contributed by atoms with Gasteiger partial charge in [-0.2, -0.15) is 4.39 Å². The van der Waals surface area contributed by atoms with Crippen LogP contribution in [0.3, 0.4) is 0 Å². The summed E-state index contributed by atoms with van der Waals surface area (Å²) in [5.41, 5.74) is -1.91. The summed E-state index contributed by atoms with van der Waals surface area (Å²) in [6.45, 7) is 7.44. The van der Waals surface area contributed by atoms with E-state index < -0.39 is 37.5 Å². The van der Waals surface area contributed by atoms with Gasteiger partial charge in [0.05, 0.1) is 25.9 Å². The van der Waals surface area contributed by atoms with E-state index in [0.29, 0.717) is 0 Å².